The fraction of sp³-hybridized carbons (Fsp3) is 0.650. The van der Waals surface area contributed by atoms with Gasteiger partial charge in [0.15, 0.2) is 5.96 Å². The third-order valence-electron chi connectivity index (χ3n) is 5.65. The highest BCUT2D eigenvalue weighted by Gasteiger charge is 2.35. The molecule has 3 rings (SSSR count). The molecule has 1 aromatic rings. The second kappa shape index (κ2) is 10.4. The Hall–Kier alpha value is -0.380. The van der Waals surface area contributed by atoms with Crippen LogP contribution in [-0.4, -0.2) is 51.5 Å². The molecule has 0 bridgehead atoms. The molecule has 2 heterocycles. The number of benzene rings is 1. The van der Waals surface area contributed by atoms with E-state index in [2.05, 4.69) is 62.7 Å². The zero-order valence-corrected chi connectivity index (χ0v) is 20.1. The van der Waals surface area contributed by atoms with Gasteiger partial charge in [0.25, 0.3) is 0 Å². The van der Waals surface area contributed by atoms with Gasteiger partial charge in [0.2, 0.25) is 0 Å². The maximum absolute atomic E-state index is 5.86. The lowest BCUT2D eigenvalue weighted by molar-refractivity contribution is 0.0242. The first-order valence-corrected chi connectivity index (χ1v) is 10.3. The van der Waals surface area contributed by atoms with Crippen LogP contribution in [0.2, 0.25) is 0 Å². The Morgan fingerprint density at radius 3 is 2.33 bits per heavy atom. The van der Waals surface area contributed by atoms with E-state index in [4.69, 9.17) is 9.47 Å². The largest absolute Gasteiger partial charge is 0.381 e. The number of aliphatic imine (C=N–C) groups is 1. The smallest absolute Gasteiger partial charge is 0.191 e. The van der Waals surface area contributed by atoms with Gasteiger partial charge in [-0.3, -0.25) is 4.99 Å². The van der Waals surface area contributed by atoms with E-state index in [9.17, 15) is 0 Å². The van der Waals surface area contributed by atoms with Crippen LogP contribution in [0.1, 0.15) is 38.2 Å². The lowest BCUT2D eigenvalue weighted by Crippen LogP contribution is -2.50. The van der Waals surface area contributed by atoms with E-state index in [1.807, 2.05) is 7.05 Å². The van der Waals surface area contributed by atoms with Gasteiger partial charge in [-0.1, -0.05) is 28.1 Å². The van der Waals surface area contributed by atoms with E-state index in [0.717, 1.165) is 69.0 Å². The molecule has 2 N–H and O–H groups in total. The van der Waals surface area contributed by atoms with Crippen molar-refractivity contribution < 1.29 is 9.47 Å². The van der Waals surface area contributed by atoms with E-state index >= 15 is 0 Å². The summed E-state index contributed by atoms with van der Waals surface area (Å²) in [5, 5.41) is 6.99. The summed E-state index contributed by atoms with van der Waals surface area (Å²) in [6.45, 7) is 6.25. The molecule has 1 aromatic carbocycles. The van der Waals surface area contributed by atoms with E-state index < -0.39 is 0 Å². The number of nitrogens with one attached hydrogen (secondary N) is 2. The molecule has 0 spiro atoms. The molecule has 7 heteroatoms. The van der Waals surface area contributed by atoms with Crippen LogP contribution in [0, 0.1) is 0 Å². The van der Waals surface area contributed by atoms with E-state index in [0.29, 0.717) is 0 Å². The number of nitrogens with zero attached hydrogens (tertiary/aromatic N) is 1. The van der Waals surface area contributed by atoms with Gasteiger partial charge < -0.3 is 20.1 Å². The average Bonchev–Trinajstić information content (AvgIpc) is 3.10. The molecule has 1 unspecified atom stereocenters. The predicted molar refractivity (Wildman–Crippen MR) is 124 cm³/mol. The van der Waals surface area contributed by atoms with Gasteiger partial charge in [0, 0.05) is 49.8 Å². The van der Waals surface area contributed by atoms with Crippen molar-refractivity contribution in [3.8, 4) is 0 Å². The molecule has 27 heavy (non-hydrogen) atoms. The molecule has 2 fully saturated rings. The first kappa shape index (κ1) is 22.9. The molecular weight excluding hydrogens is 521 g/mol. The van der Waals surface area contributed by atoms with Gasteiger partial charge in [-0.2, -0.15) is 0 Å². The van der Waals surface area contributed by atoms with Crippen LogP contribution in [0.5, 0.6) is 0 Å². The molecule has 2 aliphatic heterocycles. The Kier molecular flexibility index (Phi) is 8.83. The molecule has 1 atom stereocenters. The van der Waals surface area contributed by atoms with Crippen LogP contribution in [0.3, 0.4) is 0 Å². The highest BCUT2D eigenvalue weighted by Crippen LogP contribution is 2.35. The van der Waals surface area contributed by atoms with Crippen LogP contribution in [0.25, 0.3) is 0 Å². The van der Waals surface area contributed by atoms with Crippen molar-refractivity contribution >= 4 is 45.9 Å². The van der Waals surface area contributed by atoms with Crippen LogP contribution in [-0.2, 0) is 14.9 Å². The summed E-state index contributed by atoms with van der Waals surface area (Å²) in [7, 11) is 1.82. The second-order valence-corrected chi connectivity index (χ2v) is 8.50. The van der Waals surface area contributed by atoms with Crippen molar-refractivity contribution in [3.05, 3.63) is 34.3 Å². The lowest BCUT2D eigenvalue weighted by Gasteiger charge is -2.38. The topological polar surface area (TPSA) is 54.9 Å². The summed E-state index contributed by atoms with van der Waals surface area (Å²) < 4.78 is 12.6. The minimum Gasteiger partial charge on any atom is -0.381 e. The molecule has 0 aliphatic carbocycles. The van der Waals surface area contributed by atoms with Crippen molar-refractivity contribution in [2.24, 2.45) is 4.99 Å². The van der Waals surface area contributed by atoms with Gasteiger partial charge in [0.05, 0.1) is 5.60 Å². The number of guanidine groups is 1. The van der Waals surface area contributed by atoms with Crippen molar-refractivity contribution in [3.63, 3.8) is 0 Å². The molecule has 0 amide bonds. The van der Waals surface area contributed by atoms with Gasteiger partial charge in [-0.25, -0.2) is 0 Å². The normalized spacial score (nSPS) is 24.9. The fourth-order valence-electron chi connectivity index (χ4n) is 3.85. The van der Waals surface area contributed by atoms with Gasteiger partial charge in [0.1, 0.15) is 0 Å². The minimum absolute atomic E-state index is 0. The Balaban J connectivity index is 0.00000261. The minimum atomic E-state index is -0.0836. The number of ether oxygens (including phenoxy) is 2. The van der Waals surface area contributed by atoms with Crippen molar-refractivity contribution in [1.29, 1.82) is 0 Å². The van der Waals surface area contributed by atoms with Crippen LogP contribution >= 0.6 is 39.9 Å². The van der Waals surface area contributed by atoms with Crippen molar-refractivity contribution in [2.45, 2.75) is 43.6 Å². The first-order chi connectivity index (χ1) is 12.6. The third kappa shape index (κ3) is 6.05. The summed E-state index contributed by atoms with van der Waals surface area (Å²) in [6.07, 6.45) is 4.26. The second-order valence-electron chi connectivity index (χ2n) is 7.58. The van der Waals surface area contributed by atoms with Crippen molar-refractivity contribution in [1.82, 2.24) is 10.6 Å². The first-order valence-electron chi connectivity index (χ1n) is 9.48. The molecule has 0 aromatic heterocycles. The standard InChI is InChI=1S/C20H30BrN3O2.HI/c1-19(8-3-11-26-19)14-23-18(22-2)24-15-20(9-12-25-13-10-20)16-4-6-17(21)7-5-16;/h4-7H,3,8-15H2,1-2H3,(H2,22,23,24);1H. The highest BCUT2D eigenvalue weighted by molar-refractivity contribution is 14.0. The molecule has 152 valence electrons. The maximum atomic E-state index is 5.86. The zero-order chi connectivity index (χ0) is 18.5. The molecule has 2 saturated heterocycles. The number of halogens is 2. The number of hydrogen-bond donors (Lipinski definition) is 2. The average molecular weight is 552 g/mol. The monoisotopic (exact) mass is 551 g/mol. The molecule has 5 nitrogen and oxygen atoms in total. The summed E-state index contributed by atoms with van der Waals surface area (Å²) in [6, 6.07) is 8.69. The van der Waals surface area contributed by atoms with Gasteiger partial charge >= 0.3 is 0 Å². The van der Waals surface area contributed by atoms with Crippen molar-refractivity contribution in [2.75, 3.05) is 40.0 Å². The fourth-order valence-corrected chi connectivity index (χ4v) is 4.12. The van der Waals surface area contributed by atoms with Crippen LogP contribution in [0.15, 0.2) is 33.7 Å². The molecule has 0 radical (unpaired) electrons. The Bertz CT molecular complexity index is 612. The predicted octanol–water partition coefficient (Wildman–Crippen LogP) is 3.85. The SMILES string of the molecule is CN=C(NCC1(C)CCCO1)NCC1(c2ccc(Br)cc2)CCOCC1.I. The Labute approximate surface area is 188 Å². The lowest BCUT2D eigenvalue weighted by atomic mass is 9.74. The Morgan fingerprint density at radius 2 is 1.74 bits per heavy atom. The van der Waals surface area contributed by atoms with E-state index in [-0.39, 0.29) is 35.0 Å². The number of hydrogen-bond acceptors (Lipinski definition) is 3. The zero-order valence-electron chi connectivity index (χ0n) is 16.2. The summed E-state index contributed by atoms with van der Waals surface area (Å²) >= 11 is 3.54. The quantitative estimate of drug-likeness (QED) is 0.331. The maximum Gasteiger partial charge on any atom is 0.191 e. The molecule has 2 aliphatic rings. The van der Waals surface area contributed by atoms with Crippen LogP contribution < -0.4 is 10.6 Å². The number of rotatable bonds is 5. The highest BCUT2D eigenvalue weighted by atomic mass is 127. The Morgan fingerprint density at radius 1 is 1.07 bits per heavy atom. The molecular formula is C20H31BrIN3O2. The van der Waals surface area contributed by atoms with E-state index in [1.165, 1.54) is 5.56 Å². The van der Waals surface area contributed by atoms with Gasteiger partial charge in [-0.15, -0.1) is 24.0 Å². The summed E-state index contributed by atoms with van der Waals surface area (Å²) in [4.78, 5) is 4.40. The van der Waals surface area contributed by atoms with Gasteiger partial charge in [-0.05, 0) is 50.3 Å². The van der Waals surface area contributed by atoms with Crippen LogP contribution in [0.4, 0.5) is 0 Å². The third-order valence-corrected chi connectivity index (χ3v) is 6.18. The van der Waals surface area contributed by atoms with E-state index in [1.54, 1.807) is 0 Å². The summed E-state index contributed by atoms with van der Waals surface area (Å²) in [5.41, 5.74) is 1.35. The molecule has 0 saturated carbocycles. The summed E-state index contributed by atoms with van der Waals surface area (Å²) in [5.74, 6) is 0.838.